The van der Waals surface area contributed by atoms with Crippen LogP contribution in [0.25, 0.3) is 10.1 Å². The molecule has 0 spiro atoms. The van der Waals surface area contributed by atoms with Gasteiger partial charge < -0.3 is 14.8 Å². The Kier molecular flexibility index (Phi) is 6.06. The number of thiophene rings is 1. The maximum Gasteiger partial charge on any atom is 0.349 e. The molecule has 0 radical (unpaired) electrons. The number of rotatable bonds is 6. The maximum absolute atomic E-state index is 14.2. The van der Waals surface area contributed by atoms with Crippen LogP contribution in [0.4, 0.5) is 10.1 Å². The van der Waals surface area contributed by atoms with Crippen molar-refractivity contribution in [1.29, 1.82) is 0 Å². The molecule has 0 atom stereocenters. The van der Waals surface area contributed by atoms with Crippen LogP contribution >= 0.6 is 11.3 Å². The molecule has 7 heteroatoms. The fraction of sp³-hybridized carbons (Fsp3) is 0.238. The second-order valence-corrected chi connectivity index (χ2v) is 7.45. The first-order valence-corrected chi connectivity index (χ1v) is 9.45. The predicted octanol–water partition coefficient (Wildman–Crippen LogP) is 4.60. The summed E-state index contributed by atoms with van der Waals surface area (Å²) in [5, 5.41) is 3.07. The second kappa shape index (κ2) is 8.50. The molecule has 0 saturated heterocycles. The van der Waals surface area contributed by atoms with Crippen LogP contribution < -0.4 is 5.32 Å². The number of ether oxygens (including phenoxy) is 2. The van der Waals surface area contributed by atoms with Crippen LogP contribution in [0.5, 0.6) is 0 Å². The fourth-order valence-electron chi connectivity index (χ4n) is 2.95. The number of fused-ring (bicyclic) bond motifs is 1. The highest BCUT2D eigenvalue weighted by atomic mass is 32.1. The molecule has 2 aromatic carbocycles. The third-order valence-corrected chi connectivity index (χ3v) is 5.40. The van der Waals surface area contributed by atoms with Crippen molar-refractivity contribution in [2.75, 3.05) is 19.0 Å². The van der Waals surface area contributed by atoms with Crippen molar-refractivity contribution >= 4 is 39.0 Å². The van der Waals surface area contributed by atoms with Crippen LogP contribution in [0.3, 0.4) is 0 Å². The van der Waals surface area contributed by atoms with Crippen LogP contribution in [0.1, 0.15) is 26.4 Å². The van der Waals surface area contributed by atoms with E-state index in [0.717, 1.165) is 22.5 Å². The van der Waals surface area contributed by atoms with E-state index in [-0.39, 0.29) is 11.5 Å². The van der Waals surface area contributed by atoms with Gasteiger partial charge in [0, 0.05) is 28.4 Å². The van der Waals surface area contributed by atoms with E-state index in [1.54, 1.807) is 18.2 Å². The van der Waals surface area contributed by atoms with Gasteiger partial charge in [0.15, 0.2) is 6.61 Å². The Labute approximate surface area is 166 Å². The molecule has 0 fully saturated rings. The molecule has 5 nitrogen and oxygen atoms in total. The first-order valence-electron chi connectivity index (χ1n) is 8.63. The zero-order valence-electron chi connectivity index (χ0n) is 15.8. The van der Waals surface area contributed by atoms with Gasteiger partial charge in [0.05, 0.1) is 6.61 Å². The molecule has 146 valence electrons. The van der Waals surface area contributed by atoms with E-state index in [0.29, 0.717) is 21.3 Å². The number of hydrogen-bond donors (Lipinski definition) is 1. The van der Waals surface area contributed by atoms with Gasteiger partial charge in [0.25, 0.3) is 5.91 Å². The lowest BCUT2D eigenvalue weighted by Gasteiger charge is -2.10. The molecule has 1 aromatic heterocycles. The zero-order valence-corrected chi connectivity index (χ0v) is 16.6. The Bertz CT molecular complexity index is 1040. The summed E-state index contributed by atoms with van der Waals surface area (Å²) in [4.78, 5) is 24.9. The van der Waals surface area contributed by atoms with Gasteiger partial charge in [0.1, 0.15) is 10.7 Å². The Balaban J connectivity index is 1.73. The van der Waals surface area contributed by atoms with Gasteiger partial charge in [-0.15, -0.1) is 11.3 Å². The van der Waals surface area contributed by atoms with Gasteiger partial charge in [-0.3, -0.25) is 4.79 Å². The van der Waals surface area contributed by atoms with E-state index < -0.39 is 24.3 Å². The first-order chi connectivity index (χ1) is 13.4. The summed E-state index contributed by atoms with van der Waals surface area (Å²) >= 11 is 1.12. The Hall–Kier alpha value is -2.77. The fourth-order valence-corrected chi connectivity index (χ4v) is 4.07. The van der Waals surface area contributed by atoms with Gasteiger partial charge in [-0.25, -0.2) is 9.18 Å². The highest BCUT2D eigenvalue weighted by Gasteiger charge is 2.22. The normalized spacial score (nSPS) is 10.9. The Morgan fingerprint density at radius 3 is 2.68 bits per heavy atom. The summed E-state index contributed by atoms with van der Waals surface area (Å²) in [6, 6.07) is 10.3. The number of anilines is 1. The van der Waals surface area contributed by atoms with E-state index in [1.807, 2.05) is 26.0 Å². The molecule has 0 aliphatic rings. The minimum atomic E-state index is -0.677. The maximum atomic E-state index is 14.2. The minimum absolute atomic E-state index is 0.0696. The summed E-state index contributed by atoms with van der Waals surface area (Å²) < 4.78 is 25.1. The summed E-state index contributed by atoms with van der Waals surface area (Å²) in [5.41, 5.74) is 3.10. The molecule has 0 aliphatic carbocycles. The molecular weight excluding hydrogens is 381 g/mol. The number of methoxy groups -OCH3 is 1. The monoisotopic (exact) mass is 401 g/mol. The van der Waals surface area contributed by atoms with E-state index in [4.69, 9.17) is 9.47 Å². The molecular formula is C21H20FNO4S. The van der Waals surface area contributed by atoms with Gasteiger partial charge in [-0.1, -0.05) is 23.8 Å². The van der Waals surface area contributed by atoms with Gasteiger partial charge in [-0.2, -0.15) is 0 Å². The minimum Gasteiger partial charge on any atom is -0.451 e. The summed E-state index contributed by atoms with van der Waals surface area (Å²) in [7, 11) is 1.47. The van der Waals surface area contributed by atoms with Gasteiger partial charge in [-0.05, 0) is 37.6 Å². The van der Waals surface area contributed by atoms with Crippen molar-refractivity contribution in [3.63, 3.8) is 0 Å². The van der Waals surface area contributed by atoms with Crippen LogP contribution in [-0.2, 0) is 20.9 Å². The SMILES string of the molecule is COCc1c(C(=O)OCC(=O)Nc2ccc(C)cc2C)sc2cccc(F)c12. The quantitative estimate of drug-likeness (QED) is 0.613. The molecule has 0 unspecified atom stereocenters. The average Bonchev–Trinajstić information content (AvgIpc) is 3.02. The number of aryl methyl sites for hydroxylation is 2. The van der Waals surface area contributed by atoms with E-state index >= 15 is 0 Å². The van der Waals surface area contributed by atoms with Gasteiger partial charge >= 0.3 is 5.97 Å². The van der Waals surface area contributed by atoms with Crippen molar-refractivity contribution in [2.45, 2.75) is 20.5 Å². The van der Waals surface area contributed by atoms with Crippen molar-refractivity contribution in [3.8, 4) is 0 Å². The van der Waals surface area contributed by atoms with E-state index in [9.17, 15) is 14.0 Å². The molecule has 1 N–H and O–H groups in total. The molecule has 0 bridgehead atoms. The third-order valence-electron chi connectivity index (χ3n) is 4.23. The molecule has 0 aliphatic heterocycles. The molecule has 0 saturated carbocycles. The molecule has 3 rings (SSSR count). The number of benzene rings is 2. The smallest absolute Gasteiger partial charge is 0.349 e. The number of halogens is 1. The van der Waals surface area contributed by atoms with E-state index in [1.165, 1.54) is 13.2 Å². The second-order valence-electron chi connectivity index (χ2n) is 6.40. The summed E-state index contributed by atoms with van der Waals surface area (Å²) in [6.07, 6.45) is 0. The summed E-state index contributed by atoms with van der Waals surface area (Å²) in [6.45, 7) is 3.48. The molecule has 28 heavy (non-hydrogen) atoms. The first kappa shape index (κ1) is 20.0. The number of nitrogens with one attached hydrogen (secondary N) is 1. The number of amides is 1. The lowest BCUT2D eigenvalue weighted by Crippen LogP contribution is -2.21. The van der Waals surface area contributed by atoms with Crippen LogP contribution in [0.2, 0.25) is 0 Å². The average molecular weight is 401 g/mol. The topological polar surface area (TPSA) is 64.6 Å². The van der Waals surface area contributed by atoms with Crippen LogP contribution in [0, 0.1) is 19.7 Å². The van der Waals surface area contributed by atoms with Crippen molar-refractivity contribution in [2.24, 2.45) is 0 Å². The van der Waals surface area contributed by atoms with Crippen molar-refractivity contribution in [3.05, 3.63) is 63.8 Å². The standard InChI is InChI=1S/C21H20FNO4S/c1-12-7-8-16(13(2)9-12)23-18(24)11-27-21(25)20-14(10-26-3)19-15(22)5-4-6-17(19)28-20/h4-9H,10-11H2,1-3H3,(H,23,24). The van der Waals surface area contributed by atoms with Gasteiger partial charge in [0.2, 0.25) is 0 Å². The largest absolute Gasteiger partial charge is 0.451 e. The predicted molar refractivity (Wildman–Crippen MR) is 107 cm³/mol. The number of esters is 1. The molecule has 1 heterocycles. The highest BCUT2D eigenvalue weighted by molar-refractivity contribution is 7.21. The van der Waals surface area contributed by atoms with E-state index in [2.05, 4.69) is 5.32 Å². The Morgan fingerprint density at radius 2 is 1.96 bits per heavy atom. The van der Waals surface area contributed by atoms with Crippen molar-refractivity contribution in [1.82, 2.24) is 0 Å². The van der Waals surface area contributed by atoms with Crippen LogP contribution in [0.15, 0.2) is 36.4 Å². The number of carbonyl (C=O) groups excluding carboxylic acids is 2. The lowest BCUT2D eigenvalue weighted by atomic mass is 10.1. The number of carbonyl (C=O) groups is 2. The molecule has 1 amide bonds. The Morgan fingerprint density at radius 1 is 1.18 bits per heavy atom. The lowest BCUT2D eigenvalue weighted by molar-refractivity contribution is -0.119. The number of hydrogen-bond acceptors (Lipinski definition) is 5. The van der Waals surface area contributed by atoms with Crippen molar-refractivity contribution < 1.29 is 23.5 Å². The molecule has 3 aromatic rings. The summed E-state index contributed by atoms with van der Waals surface area (Å²) in [5.74, 6) is -1.54. The van der Waals surface area contributed by atoms with Crippen LogP contribution in [-0.4, -0.2) is 25.6 Å². The highest BCUT2D eigenvalue weighted by Crippen LogP contribution is 2.34. The zero-order chi connectivity index (χ0) is 20.3. The third kappa shape index (κ3) is 4.21.